The molecule has 212 valence electrons. The number of alkyl halides is 5. The predicted molar refractivity (Wildman–Crippen MR) is 133 cm³/mol. The van der Waals surface area contributed by atoms with Crippen LogP contribution < -0.4 is 5.32 Å². The molecule has 3 saturated heterocycles. The highest BCUT2D eigenvalue weighted by Gasteiger charge is 2.51. The number of thiazole rings is 1. The lowest BCUT2D eigenvalue weighted by atomic mass is 9.86. The highest BCUT2D eigenvalue weighted by molar-refractivity contribution is 7.17. The lowest BCUT2D eigenvalue weighted by molar-refractivity contribution is -0.209. The van der Waals surface area contributed by atoms with Gasteiger partial charge in [0.15, 0.2) is 5.01 Å². The number of carbonyl (C=O) groups excluding carboxylic acids is 2. The minimum Gasteiger partial charge on any atom is -0.371 e. The lowest BCUT2D eigenvalue weighted by Gasteiger charge is -2.54. The molecule has 2 aromatic rings. The van der Waals surface area contributed by atoms with Crippen LogP contribution in [0.2, 0.25) is 0 Å². The largest absolute Gasteiger partial charge is 0.408 e. The zero-order valence-electron chi connectivity index (χ0n) is 21.4. The second-order valence-corrected chi connectivity index (χ2v) is 11.2. The topological polar surface area (TPSA) is 87.7 Å². The molecule has 14 heteroatoms. The van der Waals surface area contributed by atoms with E-state index in [0.29, 0.717) is 26.2 Å². The van der Waals surface area contributed by atoms with Crippen molar-refractivity contribution in [2.24, 2.45) is 0 Å². The maximum atomic E-state index is 14.3. The molecule has 2 amide bonds. The van der Waals surface area contributed by atoms with Crippen LogP contribution in [0.15, 0.2) is 12.3 Å². The molecule has 8 nitrogen and oxygen atoms in total. The summed E-state index contributed by atoms with van der Waals surface area (Å²) in [4.78, 5) is 38.2. The van der Waals surface area contributed by atoms with Gasteiger partial charge < -0.3 is 19.9 Å². The number of rotatable bonds is 7. The van der Waals surface area contributed by atoms with Gasteiger partial charge in [0.1, 0.15) is 23.2 Å². The summed E-state index contributed by atoms with van der Waals surface area (Å²) < 4.78 is 73.8. The van der Waals surface area contributed by atoms with Crippen molar-refractivity contribution >= 4 is 29.0 Å². The fourth-order valence-electron chi connectivity index (χ4n) is 5.19. The number of amides is 2. The van der Waals surface area contributed by atoms with Crippen molar-refractivity contribution in [3.05, 3.63) is 28.5 Å². The van der Waals surface area contributed by atoms with E-state index in [4.69, 9.17) is 4.74 Å². The molecule has 3 fully saturated rings. The van der Waals surface area contributed by atoms with Crippen LogP contribution in [0.25, 0.3) is 10.4 Å². The minimum absolute atomic E-state index is 0.0279. The van der Waals surface area contributed by atoms with Gasteiger partial charge in [0.05, 0.1) is 24.6 Å². The fraction of sp³-hybridized carbons (Fsp3) is 0.600. The van der Waals surface area contributed by atoms with Crippen LogP contribution in [0, 0.1) is 0 Å². The Hall–Kier alpha value is -2.87. The first-order valence-corrected chi connectivity index (χ1v) is 13.6. The zero-order chi connectivity index (χ0) is 28.1. The van der Waals surface area contributed by atoms with Crippen molar-refractivity contribution in [2.45, 2.75) is 69.8 Å². The van der Waals surface area contributed by atoms with Crippen LogP contribution in [0.1, 0.15) is 71.8 Å². The maximum absolute atomic E-state index is 14.3. The molecular weight excluding hydrogens is 545 g/mol. The van der Waals surface area contributed by atoms with Crippen molar-refractivity contribution in [3.8, 4) is 10.4 Å². The van der Waals surface area contributed by atoms with Crippen LogP contribution >= 0.6 is 11.3 Å². The quantitative estimate of drug-likeness (QED) is 0.462. The van der Waals surface area contributed by atoms with Crippen LogP contribution in [-0.2, 0) is 4.74 Å². The molecule has 5 rings (SSSR count). The molecule has 5 heterocycles. The summed E-state index contributed by atoms with van der Waals surface area (Å²) in [7, 11) is 0. The molecule has 0 unspecified atom stereocenters. The van der Waals surface area contributed by atoms with Gasteiger partial charge in [0, 0.05) is 36.3 Å². The summed E-state index contributed by atoms with van der Waals surface area (Å²) in [5.41, 5.74) is -1.23. The second kappa shape index (κ2) is 10.3. The number of hydrogen-bond acceptors (Lipinski definition) is 7. The van der Waals surface area contributed by atoms with Gasteiger partial charge in [-0.3, -0.25) is 9.59 Å². The van der Waals surface area contributed by atoms with E-state index in [0.717, 1.165) is 42.9 Å². The van der Waals surface area contributed by atoms with Gasteiger partial charge >= 0.3 is 6.18 Å². The standard InChI is InChI=1S/C25H28F5N5O3S/c1-3-16(25(28,29)30)32-17-9-14(20(26)27)15(10-31-17)19-18(22(36)35-7-4-5-13(35)2)33-21(39-19)23(37)34-11-24(12-34)6-8-38-24/h9-10,13,16,20H,3-8,11-12H2,1-2H3,(H,31,32)/t13-,16-/m0/s1. The monoisotopic (exact) mass is 573 g/mol. The molecule has 1 N–H and O–H groups in total. The van der Waals surface area contributed by atoms with Crippen LogP contribution in [-0.4, -0.2) is 81.7 Å². The number of nitrogens with zero attached hydrogens (tertiary/aromatic N) is 4. The summed E-state index contributed by atoms with van der Waals surface area (Å²) in [5.74, 6) is -1.29. The van der Waals surface area contributed by atoms with Crippen LogP contribution in [0.3, 0.4) is 0 Å². The van der Waals surface area contributed by atoms with Gasteiger partial charge in [-0.05, 0) is 32.3 Å². The molecule has 0 aromatic carbocycles. The molecule has 3 aliphatic rings. The normalized spacial score (nSPS) is 21.2. The van der Waals surface area contributed by atoms with E-state index in [9.17, 15) is 31.5 Å². The fourth-order valence-corrected chi connectivity index (χ4v) is 6.25. The average Bonchev–Trinajstić information content (AvgIpc) is 3.46. The van der Waals surface area contributed by atoms with Gasteiger partial charge in [-0.15, -0.1) is 11.3 Å². The van der Waals surface area contributed by atoms with E-state index in [1.165, 1.54) is 11.8 Å². The van der Waals surface area contributed by atoms with E-state index in [2.05, 4.69) is 15.3 Å². The predicted octanol–water partition coefficient (Wildman–Crippen LogP) is 5.13. The van der Waals surface area contributed by atoms with Crippen LogP contribution in [0.4, 0.5) is 27.8 Å². The summed E-state index contributed by atoms with van der Waals surface area (Å²) in [5, 5.41) is 2.15. The Balaban J connectivity index is 1.52. The first-order valence-electron chi connectivity index (χ1n) is 12.8. The number of carbonyl (C=O) groups is 2. The molecule has 39 heavy (non-hydrogen) atoms. The Kier molecular flexibility index (Phi) is 7.29. The molecule has 0 saturated carbocycles. The number of halogens is 5. The lowest BCUT2D eigenvalue weighted by Crippen LogP contribution is -2.69. The van der Waals surface area contributed by atoms with E-state index in [1.54, 1.807) is 4.90 Å². The minimum atomic E-state index is -4.60. The third kappa shape index (κ3) is 5.20. The first-order chi connectivity index (χ1) is 18.4. The van der Waals surface area contributed by atoms with Gasteiger partial charge in [-0.2, -0.15) is 13.2 Å². The Morgan fingerprint density at radius 2 is 2.00 bits per heavy atom. The van der Waals surface area contributed by atoms with Gasteiger partial charge in [0.25, 0.3) is 18.2 Å². The first kappa shape index (κ1) is 27.7. The van der Waals surface area contributed by atoms with E-state index in [-0.39, 0.29) is 45.0 Å². The number of likely N-dealkylation sites (tertiary alicyclic amines) is 2. The van der Waals surface area contributed by atoms with Crippen molar-refractivity contribution in [1.82, 2.24) is 19.8 Å². The average molecular weight is 574 g/mol. The van der Waals surface area contributed by atoms with Crippen LogP contribution in [0.5, 0.6) is 0 Å². The molecule has 3 aliphatic heterocycles. The van der Waals surface area contributed by atoms with E-state index < -0.39 is 36.0 Å². The molecular formula is C25H28F5N5O3S. The van der Waals surface area contributed by atoms with Crippen molar-refractivity contribution in [2.75, 3.05) is 31.6 Å². The Morgan fingerprint density at radius 1 is 1.28 bits per heavy atom. The number of hydrogen-bond donors (Lipinski definition) is 1. The second-order valence-electron chi connectivity index (χ2n) is 10.2. The van der Waals surface area contributed by atoms with Crippen molar-refractivity contribution in [1.29, 1.82) is 0 Å². The summed E-state index contributed by atoms with van der Waals surface area (Å²) in [6, 6.07) is -1.21. The Labute approximate surface area is 225 Å². The number of pyridine rings is 1. The SMILES string of the molecule is CC[C@H](Nc1cc(C(F)F)c(-c2sc(C(=O)N3CC4(CCO4)C3)nc2C(=O)N2CCC[C@@H]2C)cn1)C(F)(F)F. The van der Waals surface area contributed by atoms with E-state index >= 15 is 0 Å². The Morgan fingerprint density at radius 3 is 2.54 bits per heavy atom. The van der Waals surface area contributed by atoms with E-state index in [1.807, 2.05) is 6.92 Å². The molecule has 0 bridgehead atoms. The third-order valence-electron chi connectivity index (χ3n) is 7.58. The Bertz CT molecular complexity index is 1260. The summed E-state index contributed by atoms with van der Waals surface area (Å²) in [6.45, 7) is 5.05. The molecule has 2 aromatic heterocycles. The highest BCUT2D eigenvalue weighted by Crippen LogP contribution is 2.41. The number of nitrogens with one attached hydrogen (secondary N) is 1. The molecule has 2 atom stereocenters. The summed E-state index contributed by atoms with van der Waals surface area (Å²) in [6.07, 6.45) is -4.61. The third-order valence-corrected chi connectivity index (χ3v) is 8.66. The molecule has 1 spiro atoms. The highest BCUT2D eigenvalue weighted by atomic mass is 32.1. The molecule has 0 aliphatic carbocycles. The number of anilines is 1. The maximum Gasteiger partial charge on any atom is 0.408 e. The number of ether oxygens (including phenoxy) is 1. The van der Waals surface area contributed by atoms with Crippen molar-refractivity contribution in [3.63, 3.8) is 0 Å². The van der Waals surface area contributed by atoms with Gasteiger partial charge in [0.2, 0.25) is 0 Å². The van der Waals surface area contributed by atoms with Gasteiger partial charge in [-0.25, -0.2) is 18.7 Å². The zero-order valence-corrected chi connectivity index (χ0v) is 22.2. The van der Waals surface area contributed by atoms with Gasteiger partial charge in [-0.1, -0.05) is 6.92 Å². The van der Waals surface area contributed by atoms with Crippen molar-refractivity contribution < 1.29 is 36.3 Å². The number of aromatic nitrogens is 2. The smallest absolute Gasteiger partial charge is 0.371 e. The molecule has 0 radical (unpaired) electrons. The summed E-state index contributed by atoms with van der Waals surface area (Å²) >= 11 is 0.808.